The number of carbonyl (C=O) groups excluding carboxylic acids is 1. The first-order valence-electron chi connectivity index (χ1n) is 6.44. The Morgan fingerprint density at radius 3 is 2.15 bits per heavy atom. The van der Waals surface area contributed by atoms with Gasteiger partial charge in [-0.1, -0.05) is 12.1 Å². The topological polar surface area (TPSA) is 74.7 Å². The number of carboxylic acids is 1. The van der Waals surface area contributed by atoms with Crippen LogP contribution < -0.4 is 0 Å². The van der Waals surface area contributed by atoms with Gasteiger partial charge in [-0.15, -0.1) is 0 Å². The Labute approximate surface area is 121 Å². The first kappa shape index (κ1) is 16.4. The van der Waals surface area contributed by atoms with Crippen molar-refractivity contribution in [2.45, 2.75) is 25.2 Å². The van der Waals surface area contributed by atoms with Crippen molar-refractivity contribution in [2.75, 3.05) is 18.8 Å². The van der Waals surface area contributed by atoms with Gasteiger partial charge in [0.2, 0.25) is 5.91 Å². The Morgan fingerprint density at radius 1 is 1.15 bits per heavy atom. The Hall–Kier alpha value is -1.69. The number of nitrogens with zero attached hydrogens (tertiary/aromatic N) is 1. The summed E-state index contributed by atoms with van der Waals surface area (Å²) in [6.07, 6.45) is -0.0642. The van der Waals surface area contributed by atoms with E-state index in [1.807, 2.05) is 13.8 Å². The molecule has 0 fully saturated rings. The normalized spacial score (nSPS) is 11.9. The molecule has 0 saturated carbocycles. The van der Waals surface area contributed by atoms with Gasteiger partial charge in [-0.25, -0.2) is 0 Å². The summed E-state index contributed by atoms with van der Waals surface area (Å²) in [5.74, 6) is -1.08. The second kappa shape index (κ2) is 7.79. The standard InChI is InChI=1S/C14H19NO4S/c1-3-15(4-2)13(16)10-20(19)12-7-5-11(6-8-12)9-14(17)18/h5-8H,3-4,9-10H2,1-2H3,(H,17,18). The van der Waals surface area contributed by atoms with Gasteiger partial charge in [-0.3, -0.25) is 13.8 Å². The van der Waals surface area contributed by atoms with E-state index in [1.165, 1.54) is 0 Å². The van der Waals surface area contributed by atoms with Crippen LogP contribution in [0.3, 0.4) is 0 Å². The summed E-state index contributed by atoms with van der Waals surface area (Å²) in [6, 6.07) is 6.49. The van der Waals surface area contributed by atoms with E-state index in [0.717, 1.165) is 0 Å². The van der Waals surface area contributed by atoms with Gasteiger partial charge in [-0.05, 0) is 31.5 Å². The Bertz CT molecular complexity index is 494. The van der Waals surface area contributed by atoms with Crippen LogP contribution in [0, 0.1) is 0 Å². The van der Waals surface area contributed by atoms with Gasteiger partial charge >= 0.3 is 5.97 Å². The molecule has 110 valence electrons. The first-order chi connectivity index (χ1) is 9.47. The van der Waals surface area contributed by atoms with Crippen LogP contribution in [-0.2, 0) is 26.8 Å². The smallest absolute Gasteiger partial charge is 0.307 e. The van der Waals surface area contributed by atoms with Gasteiger partial charge in [0, 0.05) is 18.0 Å². The molecule has 6 heteroatoms. The van der Waals surface area contributed by atoms with Crippen molar-refractivity contribution in [3.8, 4) is 0 Å². The highest BCUT2D eigenvalue weighted by Gasteiger charge is 2.15. The zero-order valence-electron chi connectivity index (χ0n) is 11.7. The zero-order valence-corrected chi connectivity index (χ0v) is 12.5. The van der Waals surface area contributed by atoms with E-state index >= 15 is 0 Å². The van der Waals surface area contributed by atoms with Crippen molar-refractivity contribution in [2.24, 2.45) is 0 Å². The van der Waals surface area contributed by atoms with E-state index in [2.05, 4.69) is 0 Å². The minimum absolute atomic E-state index is 0.0417. The molecule has 1 atom stereocenters. The van der Waals surface area contributed by atoms with Gasteiger partial charge < -0.3 is 10.0 Å². The molecule has 0 aliphatic carbocycles. The lowest BCUT2D eigenvalue weighted by Gasteiger charge is -2.18. The summed E-state index contributed by atoms with van der Waals surface area (Å²) >= 11 is 0. The predicted octanol–water partition coefficient (Wildman–Crippen LogP) is 1.29. The lowest BCUT2D eigenvalue weighted by Crippen LogP contribution is -2.34. The van der Waals surface area contributed by atoms with Crippen LogP contribution in [0.5, 0.6) is 0 Å². The quantitative estimate of drug-likeness (QED) is 0.823. The molecule has 0 aliphatic heterocycles. The number of amides is 1. The van der Waals surface area contributed by atoms with Crippen LogP contribution in [0.1, 0.15) is 19.4 Å². The fraction of sp³-hybridized carbons (Fsp3) is 0.429. The molecule has 1 unspecified atom stereocenters. The largest absolute Gasteiger partial charge is 0.481 e. The monoisotopic (exact) mass is 297 g/mol. The number of benzene rings is 1. The van der Waals surface area contributed by atoms with Gasteiger partial charge in [0.1, 0.15) is 5.75 Å². The molecule has 0 saturated heterocycles. The summed E-state index contributed by atoms with van der Waals surface area (Å²) in [5.41, 5.74) is 0.647. The summed E-state index contributed by atoms with van der Waals surface area (Å²) in [5, 5.41) is 8.67. The number of carboxylic acid groups (broad SMARTS) is 1. The highest BCUT2D eigenvalue weighted by Crippen LogP contribution is 2.10. The van der Waals surface area contributed by atoms with Crippen molar-refractivity contribution in [3.05, 3.63) is 29.8 Å². The summed E-state index contributed by atoms with van der Waals surface area (Å²) < 4.78 is 12.1. The van der Waals surface area contributed by atoms with Crippen molar-refractivity contribution < 1.29 is 18.9 Å². The maximum atomic E-state index is 12.1. The molecule has 0 aliphatic rings. The van der Waals surface area contributed by atoms with E-state index in [1.54, 1.807) is 29.2 Å². The van der Waals surface area contributed by atoms with Crippen LogP contribution in [0.4, 0.5) is 0 Å². The fourth-order valence-electron chi connectivity index (χ4n) is 1.80. The minimum Gasteiger partial charge on any atom is -0.481 e. The highest BCUT2D eigenvalue weighted by molar-refractivity contribution is 7.85. The summed E-state index contributed by atoms with van der Waals surface area (Å²) in [7, 11) is -1.40. The van der Waals surface area contributed by atoms with Crippen molar-refractivity contribution in [3.63, 3.8) is 0 Å². The SMILES string of the molecule is CCN(CC)C(=O)CS(=O)c1ccc(CC(=O)O)cc1. The summed E-state index contributed by atoms with van der Waals surface area (Å²) in [6.45, 7) is 4.96. The zero-order chi connectivity index (χ0) is 15.1. The Balaban J connectivity index is 2.68. The second-order valence-electron chi connectivity index (χ2n) is 4.27. The van der Waals surface area contributed by atoms with Crippen LogP contribution in [0.25, 0.3) is 0 Å². The van der Waals surface area contributed by atoms with Crippen LogP contribution in [0.15, 0.2) is 29.2 Å². The van der Waals surface area contributed by atoms with Gasteiger partial charge in [-0.2, -0.15) is 0 Å². The molecule has 1 rings (SSSR count). The molecule has 1 aromatic carbocycles. The van der Waals surface area contributed by atoms with Gasteiger partial charge in [0.15, 0.2) is 0 Å². The number of carbonyl (C=O) groups is 2. The number of rotatable bonds is 7. The number of hydrogen-bond acceptors (Lipinski definition) is 3. The molecule has 20 heavy (non-hydrogen) atoms. The molecule has 1 aromatic rings. The minimum atomic E-state index is -1.40. The van der Waals surface area contributed by atoms with Crippen molar-refractivity contribution in [1.29, 1.82) is 0 Å². The molecular weight excluding hydrogens is 278 g/mol. The maximum absolute atomic E-state index is 12.1. The Kier molecular flexibility index (Phi) is 6.38. The third kappa shape index (κ3) is 4.77. The number of aliphatic carboxylic acids is 1. The fourth-order valence-corrected chi connectivity index (χ4v) is 2.81. The lowest BCUT2D eigenvalue weighted by atomic mass is 10.2. The van der Waals surface area contributed by atoms with Crippen LogP contribution in [0.2, 0.25) is 0 Å². The van der Waals surface area contributed by atoms with E-state index < -0.39 is 16.8 Å². The van der Waals surface area contributed by atoms with Gasteiger partial charge in [0.05, 0.1) is 17.2 Å². The predicted molar refractivity (Wildman–Crippen MR) is 77.0 cm³/mol. The van der Waals surface area contributed by atoms with Gasteiger partial charge in [0.25, 0.3) is 0 Å². The highest BCUT2D eigenvalue weighted by atomic mass is 32.2. The Morgan fingerprint density at radius 2 is 1.70 bits per heavy atom. The molecule has 5 nitrogen and oxygen atoms in total. The lowest BCUT2D eigenvalue weighted by molar-refractivity contribution is -0.136. The van der Waals surface area contributed by atoms with Crippen molar-refractivity contribution in [1.82, 2.24) is 4.90 Å². The third-order valence-electron chi connectivity index (χ3n) is 2.91. The molecule has 0 heterocycles. The van der Waals surface area contributed by atoms with E-state index in [9.17, 15) is 13.8 Å². The van der Waals surface area contributed by atoms with E-state index in [4.69, 9.17) is 5.11 Å². The molecule has 0 aromatic heterocycles. The van der Waals surface area contributed by atoms with Crippen LogP contribution >= 0.6 is 0 Å². The molecule has 1 amide bonds. The number of hydrogen-bond donors (Lipinski definition) is 1. The third-order valence-corrected chi connectivity index (χ3v) is 4.22. The molecule has 0 radical (unpaired) electrons. The average molecular weight is 297 g/mol. The molecular formula is C14H19NO4S. The summed E-state index contributed by atoms with van der Waals surface area (Å²) in [4.78, 5) is 24.6. The van der Waals surface area contributed by atoms with E-state index in [0.29, 0.717) is 23.5 Å². The maximum Gasteiger partial charge on any atom is 0.307 e. The molecule has 0 spiro atoms. The molecule has 1 N–H and O–H groups in total. The second-order valence-corrected chi connectivity index (χ2v) is 5.72. The first-order valence-corrected chi connectivity index (χ1v) is 7.76. The van der Waals surface area contributed by atoms with Crippen molar-refractivity contribution >= 4 is 22.7 Å². The van der Waals surface area contributed by atoms with E-state index in [-0.39, 0.29) is 18.1 Å². The average Bonchev–Trinajstić information content (AvgIpc) is 2.40. The molecule has 0 bridgehead atoms. The van der Waals surface area contributed by atoms with Crippen LogP contribution in [-0.4, -0.2) is 44.9 Å².